The van der Waals surface area contributed by atoms with Crippen LogP contribution in [0.5, 0.6) is 0 Å². The molecule has 0 saturated heterocycles. The van der Waals surface area contributed by atoms with E-state index < -0.39 is 24.1 Å². The van der Waals surface area contributed by atoms with Crippen LogP contribution in [0.3, 0.4) is 0 Å². The molecule has 0 bridgehead atoms. The normalized spacial score (nSPS) is 18.2. The minimum absolute atomic E-state index is 0.113. The Balaban J connectivity index is 1.42. The Kier molecular flexibility index (Phi) is 5.71. The van der Waals surface area contributed by atoms with E-state index in [0.717, 1.165) is 29.1 Å². The fourth-order valence-corrected chi connectivity index (χ4v) is 4.55. The van der Waals surface area contributed by atoms with Gasteiger partial charge in [-0.3, -0.25) is 15.9 Å². The highest BCUT2D eigenvalue weighted by atomic mass is 19.4. The van der Waals surface area contributed by atoms with Crippen molar-refractivity contribution in [3.63, 3.8) is 0 Å². The third-order valence-electron chi connectivity index (χ3n) is 6.34. The fourth-order valence-electron chi connectivity index (χ4n) is 4.55. The van der Waals surface area contributed by atoms with Crippen molar-refractivity contribution >= 4 is 34.5 Å². The predicted octanol–water partition coefficient (Wildman–Crippen LogP) is 3.64. The number of alkyl halides is 3. The van der Waals surface area contributed by atoms with Gasteiger partial charge < -0.3 is 26.6 Å². The summed E-state index contributed by atoms with van der Waals surface area (Å²) < 4.78 is 39.0. The van der Waals surface area contributed by atoms with Gasteiger partial charge >= 0.3 is 6.18 Å². The Morgan fingerprint density at radius 1 is 1.06 bits per heavy atom. The van der Waals surface area contributed by atoms with Crippen molar-refractivity contribution in [2.24, 2.45) is 11.5 Å². The van der Waals surface area contributed by atoms with Crippen molar-refractivity contribution in [1.82, 2.24) is 0 Å². The fraction of sp³-hybridized carbons (Fsp3) is 0.200. The molecule has 0 aliphatic carbocycles. The van der Waals surface area contributed by atoms with Crippen molar-refractivity contribution in [3.05, 3.63) is 82.9 Å². The molecular weight excluding hydrogens is 471 g/mol. The molecule has 2 unspecified atom stereocenters. The summed E-state index contributed by atoms with van der Waals surface area (Å²) in [6.07, 6.45) is -4.44. The number of hydrogen-bond donors (Lipinski definition) is 6. The lowest BCUT2D eigenvalue weighted by atomic mass is 10.1. The number of halogens is 3. The molecule has 3 aromatic carbocycles. The first kappa shape index (κ1) is 23.5. The van der Waals surface area contributed by atoms with Gasteiger partial charge in [-0.1, -0.05) is 24.3 Å². The second-order valence-corrected chi connectivity index (χ2v) is 8.82. The van der Waals surface area contributed by atoms with E-state index in [2.05, 4.69) is 16.0 Å². The summed E-state index contributed by atoms with van der Waals surface area (Å²) in [7, 11) is 0. The highest BCUT2D eigenvalue weighted by molar-refractivity contribution is 6.01. The molecule has 0 spiro atoms. The smallest absolute Gasteiger partial charge is 0.384 e. The zero-order valence-electron chi connectivity index (χ0n) is 19.0. The second kappa shape index (κ2) is 8.76. The molecule has 8 nitrogen and oxygen atoms in total. The van der Waals surface area contributed by atoms with E-state index >= 15 is 0 Å². The molecule has 2 atom stereocenters. The summed E-state index contributed by atoms with van der Waals surface area (Å²) in [5.41, 5.74) is 15.7. The van der Waals surface area contributed by atoms with Crippen molar-refractivity contribution in [2.75, 3.05) is 20.9 Å². The standard InChI is InChI=1S/C25H24F3N7O/c26-25(27,28)16-5-1-13(2-6-16)12-35-20-10-15(22(29)30)4-3-14(20)9-21(35)23(36)32-17-7-8-18-19(11-17)34-24(31)33-18/h1-8,10-11,21,24,33-34H,9,12,31H2,(H3,29,30)(H,32,36). The number of nitrogens with zero attached hydrogens (tertiary/aromatic N) is 1. The summed E-state index contributed by atoms with van der Waals surface area (Å²) in [4.78, 5) is 15.3. The number of fused-ring (bicyclic) bond motifs is 2. The minimum Gasteiger partial charge on any atom is -0.384 e. The SMILES string of the molecule is N=C(N)c1ccc2c(c1)N(Cc1ccc(C(F)(F)F)cc1)C(C(=O)Nc1ccc3c(c1)NC(N)N3)C2. The van der Waals surface area contributed by atoms with Gasteiger partial charge in [0.1, 0.15) is 11.9 Å². The molecule has 0 aromatic heterocycles. The second-order valence-electron chi connectivity index (χ2n) is 8.82. The lowest BCUT2D eigenvalue weighted by molar-refractivity contribution is -0.137. The highest BCUT2D eigenvalue weighted by Crippen LogP contribution is 2.36. The number of amidine groups is 1. The minimum atomic E-state index is -4.43. The Labute approximate surface area is 205 Å². The number of carbonyl (C=O) groups excluding carboxylic acids is 1. The van der Waals surface area contributed by atoms with E-state index in [1.807, 2.05) is 17.0 Å². The van der Waals surface area contributed by atoms with E-state index in [4.69, 9.17) is 16.9 Å². The predicted molar refractivity (Wildman–Crippen MR) is 133 cm³/mol. The number of nitrogen functional groups attached to an aromatic ring is 1. The van der Waals surface area contributed by atoms with E-state index in [-0.39, 0.29) is 18.3 Å². The monoisotopic (exact) mass is 495 g/mol. The number of nitrogens with one attached hydrogen (secondary N) is 4. The van der Waals surface area contributed by atoms with E-state index in [0.29, 0.717) is 28.9 Å². The number of carbonyl (C=O) groups is 1. The van der Waals surface area contributed by atoms with Crippen molar-refractivity contribution in [1.29, 1.82) is 5.41 Å². The van der Waals surface area contributed by atoms with Gasteiger partial charge in [-0.2, -0.15) is 13.2 Å². The van der Waals surface area contributed by atoms with Gasteiger partial charge in [-0.15, -0.1) is 0 Å². The van der Waals surface area contributed by atoms with Gasteiger partial charge in [0.05, 0.1) is 16.9 Å². The third-order valence-corrected chi connectivity index (χ3v) is 6.34. The van der Waals surface area contributed by atoms with Gasteiger partial charge in [0.15, 0.2) is 6.29 Å². The number of amides is 1. The number of rotatable bonds is 5. The molecule has 11 heteroatoms. The van der Waals surface area contributed by atoms with Crippen LogP contribution in [0.4, 0.5) is 35.9 Å². The van der Waals surface area contributed by atoms with Crippen LogP contribution in [0.1, 0.15) is 22.3 Å². The molecule has 186 valence electrons. The molecule has 8 N–H and O–H groups in total. The topological polar surface area (TPSA) is 132 Å². The largest absolute Gasteiger partial charge is 0.416 e. The number of anilines is 4. The van der Waals surface area contributed by atoms with Gasteiger partial charge in [-0.25, -0.2) is 0 Å². The molecule has 0 fully saturated rings. The first-order valence-electron chi connectivity index (χ1n) is 11.2. The van der Waals surface area contributed by atoms with Gasteiger partial charge in [-0.05, 0) is 47.5 Å². The van der Waals surface area contributed by atoms with Crippen LogP contribution in [0.25, 0.3) is 0 Å². The number of nitrogens with two attached hydrogens (primary N) is 2. The van der Waals surface area contributed by atoms with Crippen LogP contribution < -0.4 is 32.3 Å². The van der Waals surface area contributed by atoms with Crippen molar-refractivity contribution in [3.8, 4) is 0 Å². The third kappa shape index (κ3) is 4.52. The Morgan fingerprint density at radius 2 is 1.78 bits per heavy atom. The lowest BCUT2D eigenvalue weighted by Gasteiger charge is -2.27. The average Bonchev–Trinajstić information content (AvgIpc) is 3.37. The zero-order chi connectivity index (χ0) is 25.6. The van der Waals surface area contributed by atoms with Crippen LogP contribution in [-0.4, -0.2) is 24.1 Å². The molecule has 2 aliphatic rings. The van der Waals surface area contributed by atoms with Crippen LogP contribution in [0.2, 0.25) is 0 Å². The maximum atomic E-state index is 13.4. The Bertz CT molecular complexity index is 1340. The molecule has 2 heterocycles. The van der Waals surface area contributed by atoms with Crippen LogP contribution in [0, 0.1) is 5.41 Å². The molecule has 36 heavy (non-hydrogen) atoms. The van der Waals surface area contributed by atoms with Gasteiger partial charge in [0.2, 0.25) is 5.91 Å². The summed E-state index contributed by atoms with van der Waals surface area (Å²) in [6, 6.07) is 14.9. The van der Waals surface area contributed by atoms with Crippen LogP contribution in [-0.2, 0) is 23.9 Å². The zero-order valence-corrected chi connectivity index (χ0v) is 19.0. The van der Waals surface area contributed by atoms with Crippen molar-refractivity contribution in [2.45, 2.75) is 31.5 Å². The van der Waals surface area contributed by atoms with E-state index in [1.165, 1.54) is 12.1 Å². The maximum absolute atomic E-state index is 13.4. The quantitative estimate of drug-likeness (QED) is 0.237. The molecule has 3 aromatic rings. The molecule has 0 radical (unpaired) electrons. The summed E-state index contributed by atoms with van der Waals surface area (Å²) >= 11 is 0. The van der Waals surface area contributed by atoms with Crippen LogP contribution in [0.15, 0.2) is 60.7 Å². The first-order valence-corrected chi connectivity index (χ1v) is 11.2. The Hall–Kier alpha value is -4.25. The van der Waals surface area contributed by atoms with E-state index in [9.17, 15) is 18.0 Å². The Morgan fingerprint density at radius 3 is 2.47 bits per heavy atom. The number of hydrogen-bond acceptors (Lipinski definition) is 6. The van der Waals surface area contributed by atoms with Gasteiger partial charge in [0, 0.05) is 29.9 Å². The van der Waals surface area contributed by atoms with Crippen molar-refractivity contribution < 1.29 is 18.0 Å². The summed E-state index contributed by atoms with van der Waals surface area (Å²) in [5, 5.41) is 16.8. The molecular formula is C25H24F3N7O. The lowest BCUT2D eigenvalue weighted by Crippen LogP contribution is -2.41. The van der Waals surface area contributed by atoms with Gasteiger partial charge in [0.25, 0.3) is 0 Å². The highest BCUT2D eigenvalue weighted by Gasteiger charge is 2.35. The number of benzene rings is 3. The molecule has 0 saturated carbocycles. The molecule has 1 amide bonds. The summed E-state index contributed by atoms with van der Waals surface area (Å²) in [6.45, 7) is 0.203. The summed E-state index contributed by atoms with van der Waals surface area (Å²) in [5.74, 6) is -0.379. The first-order chi connectivity index (χ1) is 17.1. The average molecular weight is 496 g/mol. The molecule has 5 rings (SSSR count). The van der Waals surface area contributed by atoms with Crippen LogP contribution >= 0.6 is 0 Å². The maximum Gasteiger partial charge on any atom is 0.416 e. The molecule has 2 aliphatic heterocycles. The van der Waals surface area contributed by atoms with E-state index in [1.54, 1.807) is 24.3 Å².